The number of benzene rings is 1. The van der Waals surface area contributed by atoms with Crippen molar-refractivity contribution >= 4 is 11.9 Å². The molecule has 132 valence electrons. The fraction of sp³-hybridized carbons (Fsp3) is 0.353. The Morgan fingerprint density at radius 1 is 1.28 bits per heavy atom. The van der Waals surface area contributed by atoms with Gasteiger partial charge in [0, 0.05) is 5.56 Å². The zero-order valence-electron chi connectivity index (χ0n) is 13.7. The van der Waals surface area contributed by atoms with Crippen molar-refractivity contribution in [3.05, 3.63) is 30.3 Å². The first-order chi connectivity index (χ1) is 12.1. The highest BCUT2D eigenvalue weighted by Gasteiger charge is 2.25. The van der Waals surface area contributed by atoms with Gasteiger partial charge in [0.05, 0.1) is 0 Å². The fourth-order valence-electron chi connectivity index (χ4n) is 2.57. The molecule has 2 N–H and O–H groups in total. The molecule has 25 heavy (non-hydrogen) atoms. The number of carboxylic acid groups (broad SMARTS) is 1. The van der Waals surface area contributed by atoms with E-state index in [0.29, 0.717) is 43.1 Å². The van der Waals surface area contributed by atoms with E-state index in [9.17, 15) is 14.7 Å². The second kappa shape index (κ2) is 7.25. The number of nitrogens with zero attached hydrogens (tertiary/aromatic N) is 1. The lowest BCUT2D eigenvalue weighted by Crippen LogP contribution is -2.40. The van der Waals surface area contributed by atoms with Gasteiger partial charge in [0.25, 0.3) is 5.91 Å². The van der Waals surface area contributed by atoms with E-state index in [1.54, 1.807) is 18.2 Å². The molecule has 1 aliphatic rings. The first kappa shape index (κ1) is 16.8. The molecule has 8 heteroatoms. The van der Waals surface area contributed by atoms with E-state index < -0.39 is 17.9 Å². The normalized spacial score (nSPS) is 14.0. The highest BCUT2D eigenvalue weighted by molar-refractivity contribution is 5.99. The largest absolute Gasteiger partial charge is 0.486 e. The van der Waals surface area contributed by atoms with Crippen molar-refractivity contribution in [3.63, 3.8) is 0 Å². The standard InChI is InChI=1S/C17H18N2O6/c1-2-3-11(17(21)22)19-16(20)14-15(25-9-18-14)10-4-5-12-13(8-10)24-7-6-23-12/h4-5,8-9,11H,2-3,6-7H2,1H3,(H,19,20)(H,21,22). The quantitative estimate of drug-likeness (QED) is 0.824. The van der Waals surface area contributed by atoms with Crippen LogP contribution >= 0.6 is 0 Å². The van der Waals surface area contributed by atoms with Crippen molar-refractivity contribution in [2.45, 2.75) is 25.8 Å². The molecule has 3 rings (SSSR count). The number of carbonyl (C=O) groups excluding carboxylic acids is 1. The number of amides is 1. The van der Waals surface area contributed by atoms with Gasteiger partial charge in [0.1, 0.15) is 19.3 Å². The molecule has 1 aromatic carbocycles. The van der Waals surface area contributed by atoms with Crippen molar-refractivity contribution in [2.24, 2.45) is 0 Å². The number of carboxylic acids is 1. The van der Waals surface area contributed by atoms with Crippen molar-refractivity contribution in [1.82, 2.24) is 10.3 Å². The summed E-state index contributed by atoms with van der Waals surface area (Å²) in [5.74, 6) is -0.260. The van der Waals surface area contributed by atoms with Gasteiger partial charge in [-0.2, -0.15) is 0 Å². The molecular formula is C17H18N2O6. The summed E-state index contributed by atoms with van der Waals surface area (Å²) in [6, 6.07) is 4.19. The maximum absolute atomic E-state index is 12.4. The van der Waals surface area contributed by atoms with E-state index in [0.717, 1.165) is 6.39 Å². The molecule has 1 atom stereocenters. The summed E-state index contributed by atoms with van der Waals surface area (Å²) in [5, 5.41) is 11.7. The first-order valence-corrected chi connectivity index (χ1v) is 7.97. The van der Waals surface area contributed by atoms with Gasteiger partial charge in [0.2, 0.25) is 0 Å². The van der Waals surface area contributed by atoms with Gasteiger partial charge >= 0.3 is 5.97 Å². The smallest absolute Gasteiger partial charge is 0.326 e. The van der Waals surface area contributed by atoms with Crippen molar-refractivity contribution < 1.29 is 28.6 Å². The molecule has 2 heterocycles. The number of fused-ring (bicyclic) bond motifs is 1. The third-order valence-electron chi connectivity index (χ3n) is 3.77. The van der Waals surface area contributed by atoms with Crippen molar-refractivity contribution in [2.75, 3.05) is 13.2 Å². The molecule has 0 spiro atoms. The van der Waals surface area contributed by atoms with Crippen LogP contribution in [0.15, 0.2) is 29.0 Å². The van der Waals surface area contributed by atoms with Gasteiger partial charge in [0.15, 0.2) is 29.3 Å². The Bertz CT molecular complexity index is 785. The van der Waals surface area contributed by atoms with E-state index in [-0.39, 0.29) is 11.5 Å². The van der Waals surface area contributed by atoms with Crippen LogP contribution in [0.1, 0.15) is 30.3 Å². The zero-order valence-corrected chi connectivity index (χ0v) is 13.7. The highest BCUT2D eigenvalue weighted by atomic mass is 16.6. The fourth-order valence-corrected chi connectivity index (χ4v) is 2.57. The summed E-state index contributed by atoms with van der Waals surface area (Å²) in [4.78, 5) is 27.6. The van der Waals surface area contributed by atoms with Gasteiger partial charge < -0.3 is 24.3 Å². The third kappa shape index (κ3) is 3.57. The van der Waals surface area contributed by atoms with E-state index in [1.165, 1.54) is 0 Å². The SMILES string of the molecule is CCCC(NC(=O)c1ncoc1-c1ccc2c(c1)OCCO2)C(=O)O. The number of carbonyl (C=O) groups is 2. The van der Waals surface area contributed by atoms with E-state index in [1.807, 2.05) is 6.92 Å². The Kier molecular flexibility index (Phi) is 4.87. The molecule has 0 saturated heterocycles. The topological polar surface area (TPSA) is 111 Å². The first-order valence-electron chi connectivity index (χ1n) is 7.97. The van der Waals surface area contributed by atoms with E-state index >= 15 is 0 Å². The van der Waals surface area contributed by atoms with Crippen LogP contribution < -0.4 is 14.8 Å². The number of aliphatic carboxylic acids is 1. The zero-order chi connectivity index (χ0) is 17.8. The second-order valence-electron chi connectivity index (χ2n) is 5.54. The second-order valence-corrected chi connectivity index (χ2v) is 5.54. The minimum atomic E-state index is -1.08. The van der Waals surface area contributed by atoms with Gasteiger partial charge in [-0.15, -0.1) is 0 Å². The molecule has 0 radical (unpaired) electrons. The van der Waals surface area contributed by atoms with Crippen LogP contribution in [0.5, 0.6) is 11.5 Å². The average molecular weight is 346 g/mol. The van der Waals surface area contributed by atoms with Crippen LogP contribution in [-0.2, 0) is 4.79 Å². The Labute approximate surface area is 143 Å². The average Bonchev–Trinajstić information content (AvgIpc) is 3.10. The van der Waals surface area contributed by atoms with Crippen LogP contribution in [0.4, 0.5) is 0 Å². The summed E-state index contributed by atoms with van der Waals surface area (Å²) in [7, 11) is 0. The number of aromatic nitrogens is 1. The maximum atomic E-state index is 12.4. The number of ether oxygens (including phenoxy) is 2. The summed E-state index contributed by atoms with van der Waals surface area (Å²) >= 11 is 0. The minimum absolute atomic E-state index is 0.0269. The highest BCUT2D eigenvalue weighted by Crippen LogP contribution is 2.35. The number of nitrogens with one attached hydrogen (secondary N) is 1. The number of oxazole rings is 1. The summed E-state index contributed by atoms with van der Waals surface area (Å²) in [6.45, 7) is 2.77. The van der Waals surface area contributed by atoms with Gasteiger partial charge in [-0.3, -0.25) is 4.79 Å². The summed E-state index contributed by atoms with van der Waals surface area (Å²) in [5.41, 5.74) is 0.619. The third-order valence-corrected chi connectivity index (χ3v) is 3.77. The lowest BCUT2D eigenvalue weighted by Gasteiger charge is -2.18. The number of hydrogen-bond donors (Lipinski definition) is 2. The molecule has 1 amide bonds. The number of rotatable bonds is 6. The monoisotopic (exact) mass is 346 g/mol. The summed E-state index contributed by atoms with van der Waals surface area (Å²) < 4.78 is 16.3. The molecule has 0 fully saturated rings. The van der Waals surface area contributed by atoms with Gasteiger partial charge in [-0.25, -0.2) is 9.78 Å². The molecule has 1 aliphatic heterocycles. The molecule has 1 unspecified atom stereocenters. The Balaban J connectivity index is 1.85. The van der Waals surface area contributed by atoms with Crippen molar-refractivity contribution in [1.29, 1.82) is 0 Å². The van der Waals surface area contributed by atoms with Crippen LogP contribution in [-0.4, -0.2) is 41.2 Å². The van der Waals surface area contributed by atoms with Crippen LogP contribution in [0.25, 0.3) is 11.3 Å². The molecule has 2 aromatic rings. The minimum Gasteiger partial charge on any atom is -0.486 e. The Morgan fingerprint density at radius 2 is 2.04 bits per heavy atom. The molecule has 0 aliphatic carbocycles. The molecule has 0 saturated carbocycles. The molecule has 1 aromatic heterocycles. The maximum Gasteiger partial charge on any atom is 0.326 e. The summed E-state index contributed by atoms with van der Waals surface area (Å²) in [6.07, 6.45) is 2.11. The van der Waals surface area contributed by atoms with Crippen molar-refractivity contribution in [3.8, 4) is 22.8 Å². The van der Waals surface area contributed by atoms with E-state index in [2.05, 4.69) is 10.3 Å². The lowest BCUT2D eigenvalue weighted by atomic mass is 10.1. The molecular weight excluding hydrogens is 328 g/mol. The predicted molar refractivity (Wildman–Crippen MR) is 86.7 cm³/mol. The number of hydrogen-bond acceptors (Lipinski definition) is 6. The Hall–Kier alpha value is -3.03. The lowest BCUT2D eigenvalue weighted by molar-refractivity contribution is -0.139. The molecule has 0 bridgehead atoms. The Morgan fingerprint density at radius 3 is 2.76 bits per heavy atom. The van der Waals surface area contributed by atoms with Gasteiger partial charge in [-0.05, 0) is 24.6 Å². The van der Waals surface area contributed by atoms with Gasteiger partial charge in [-0.1, -0.05) is 13.3 Å². The molecule has 8 nitrogen and oxygen atoms in total. The van der Waals surface area contributed by atoms with Crippen LogP contribution in [0, 0.1) is 0 Å². The van der Waals surface area contributed by atoms with E-state index in [4.69, 9.17) is 13.9 Å². The van der Waals surface area contributed by atoms with Crippen LogP contribution in [0.2, 0.25) is 0 Å². The van der Waals surface area contributed by atoms with Crippen LogP contribution in [0.3, 0.4) is 0 Å². The predicted octanol–water partition coefficient (Wildman–Crippen LogP) is 2.10.